The quantitative estimate of drug-likeness (QED) is 0.534. The maximum absolute atomic E-state index is 12.4. The summed E-state index contributed by atoms with van der Waals surface area (Å²) >= 11 is 5.10. The van der Waals surface area contributed by atoms with Crippen LogP contribution in [0.2, 0.25) is 0 Å². The number of aryl methyl sites for hydroxylation is 1. The summed E-state index contributed by atoms with van der Waals surface area (Å²) in [6, 6.07) is 3.87. The SMILES string of the molecule is CCOc1ccc(C)c(OCC)c1C=CC(=O)C1=CCC(=S)C=C1. The second-order valence-electron chi connectivity index (χ2n) is 5.35. The van der Waals surface area contributed by atoms with E-state index in [2.05, 4.69) is 0 Å². The van der Waals surface area contributed by atoms with Crippen molar-refractivity contribution in [3.8, 4) is 11.5 Å². The topological polar surface area (TPSA) is 35.5 Å². The first kappa shape index (κ1) is 18.1. The molecule has 0 spiro atoms. The fourth-order valence-electron chi connectivity index (χ4n) is 2.43. The van der Waals surface area contributed by atoms with Gasteiger partial charge < -0.3 is 9.47 Å². The summed E-state index contributed by atoms with van der Waals surface area (Å²) in [6.45, 7) is 6.95. The molecule has 3 nitrogen and oxygen atoms in total. The Bertz CT molecular complexity index is 727. The van der Waals surface area contributed by atoms with Crippen molar-refractivity contribution < 1.29 is 14.3 Å². The van der Waals surface area contributed by atoms with Crippen LogP contribution in [-0.2, 0) is 4.79 Å². The summed E-state index contributed by atoms with van der Waals surface area (Å²) < 4.78 is 11.4. The zero-order chi connectivity index (χ0) is 17.5. The fraction of sp³-hybridized carbons (Fsp3) is 0.300. The maximum atomic E-state index is 12.4. The van der Waals surface area contributed by atoms with Crippen LogP contribution in [0.1, 0.15) is 31.4 Å². The Morgan fingerprint density at radius 2 is 1.96 bits per heavy atom. The van der Waals surface area contributed by atoms with Gasteiger partial charge in [0.15, 0.2) is 5.78 Å². The summed E-state index contributed by atoms with van der Waals surface area (Å²) in [5.74, 6) is 1.41. The van der Waals surface area contributed by atoms with Crippen LogP contribution in [0.5, 0.6) is 11.5 Å². The molecule has 0 fully saturated rings. The van der Waals surface area contributed by atoms with Crippen LogP contribution in [0.3, 0.4) is 0 Å². The molecule has 0 saturated carbocycles. The molecule has 24 heavy (non-hydrogen) atoms. The lowest BCUT2D eigenvalue weighted by Crippen LogP contribution is -2.03. The van der Waals surface area contributed by atoms with E-state index >= 15 is 0 Å². The van der Waals surface area contributed by atoms with Gasteiger partial charge in [0.2, 0.25) is 0 Å². The van der Waals surface area contributed by atoms with Crippen molar-refractivity contribution in [2.75, 3.05) is 13.2 Å². The number of ketones is 1. The zero-order valence-corrected chi connectivity index (χ0v) is 15.1. The van der Waals surface area contributed by atoms with Crippen molar-refractivity contribution in [2.24, 2.45) is 0 Å². The summed E-state index contributed by atoms with van der Waals surface area (Å²) in [7, 11) is 0. The van der Waals surface area contributed by atoms with Crippen molar-refractivity contribution in [2.45, 2.75) is 27.2 Å². The number of ether oxygens (including phenoxy) is 2. The second-order valence-corrected chi connectivity index (χ2v) is 5.87. The Kier molecular flexibility index (Phi) is 6.50. The first-order valence-corrected chi connectivity index (χ1v) is 8.50. The van der Waals surface area contributed by atoms with E-state index in [9.17, 15) is 4.79 Å². The molecule has 0 heterocycles. The van der Waals surface area contributed by atoms with Crippen molar-refractivity contribution in [3.05, 3.63) is 53.1 Å². The Balaban J connectivity index is 2.32. The average molecular weight is 342 g/mol. The van der Waals surface area contributed by atoms with Gasteiger partial charge in [-0.1, -0.05) is 30.4 Å². The number of hydrogen-bond donors (Lipinski definition) is 0. The van der Waals surface area contributed by atoms with E-state index in [-0.39, 0.29) is 5.78 Å². The molecule has 0 aromatic heterocycles. The molecule has 0 atom stereocenters. The van der Waals surface area contributed by atoms with E-state index in [0.717, 1.165) is 21.7 Å². The van der Waals surface area contributed by atoms with Crippen LogP contribution in [-0.4, -0.2) is 23.9 Å². The zero-order valence-electron chi connectivity index (χ0n) is 14.3. The number of rotatable bonds is 7. The molecule has 0 amide bonds. The highest BCUT2D eigenvalue weighted by Gasteiger charge is 2.13. The molecule has 1 aliphatic rings. The average Bonchev–Trinajstić information content (AvgIpc) is 2.58. The predicted molar refractivity (Wildman–Crippen MR) is 102 cm³/mol. The minimum Gasteiger partial charge on any atom is -0.493 e. The van der Waals surface area contributed by atoms with Crippen LogP contribution in [0.25, 0.3) is 6.08 Å². The van der Waals surface area contributed by atoms with E-state index in [0.29, 0.717) is 31.0 Å². The molecule has 1 aromatic rings. The molecule has 0 aliphatic heterocycles. The Hall–Kier alpha value is -2.20. The molecule has 0 saturated heterocycles. The van der Waals surface area contributed by atoms with Gasteiger partial charge in [-0.15, -0.1) is 0 Å². The molecular weight excluding hydrogens is 320 g/mol. The van der Waals surface area contributed by atoms with Gasteiger partial charge in [-0.3, -0.25) is 4.79 Å². The highest BCUT2D eigenvalue weighted by Crippen LogP contribution is 2.33. The summed E-state index contributed by atoms with van der Waals surface area (Å²) in [5.41, 5.74) is 2.46. The van der Waals surface area contributed by atoms with Gasteiger partial charge >= 0.3 is 0 Å². The fourth-order valence-corrected chi connectivity index (χ4v) is 2.58. The lowest BCUT2D eigenvalue weighted by atomic mass is 10.0. The minimum atomic E-state index is -0.0554. The number of thiocarbonyl (C=S) groups is 1. The molecule has 126 valence electrons. The maximum Gasteiger partial charge on any atom is 0.185 e. The number of benzene rings is 1. The van der Waals surface area contributed by atoms with E-state index in [4.69, 9.17) is 21.7 Å². The number of carbonyl (C=O) groups excluding carboxylic acids is 1. The highest BCUT2D eigenvalue weighted by atomic mass is 32.1. The van der Waals surface area contributed by atoms with Crippen LogP contribution < -0.4 is 9.47 Å². The van der Waals surface area contributed by atoms with Crippen molar-refractivity contribution >= 4 is 28.9 Å². The predicted octanol–water partition coefficient (Wildman–Crippen LogP) is 4.63. The van der Waals surface area contributed by atoms with Gasteiger partial charge in [0.1, 0.15) is 11.5 Å². The van der Waals surface area contributed by atoms with Gasteiger partial charge in [0, 0.05) is 16.9 Å². The van der Waals surface area contributed by atoms with Crippen LogP contribution in [0.15, 0.2) is 42.0 Å². The first-order valence-electron chi connectivity index (χ1n) is 8.09. The minimum absolute atomic E-state index is 0.0554. The molecule has 1 aliphatic carbocycles. The van der Waals surface area contributed by atoms with Crippen molar-refractivity contribution in [1.29, 1.82) is 0 Å². The molecule has 0 N–H and O–H groups in total. The molecule has 1 aromatic carbocycles. The molecule has 0 unspecified atom stereocenters. The smallest absolute Gasteiger partial charge is 0.185 e. The Morgan fingerprint density at radius 1 is 1.21 bits per heavy atom. The molecule has 2 rings (SSSR count). The second kappa shape index (κ2) is 8.60. The monoisotopic (exact) mass is 342 g/mol. The van der Waals surface area contributed by atoms with Gasteiger partial charge in [0.25, 0.3) is 0 Å². The molecule has 0 radical (unpaired) electrons. The van der Waals surface area contributed by atoms with Crippen molar-refractivity contribution in [1.82, 2.24) is 0 Å². The summed E-state index contributed by atoms with van der Waals surface area (Å²) in [6.07, 6.45) is 9.40. The summed E-state index contributed by atoms with van der Waals surface area (Å²) in [4.78, 5) is 13.2. The third kappa shape index (κ3) is 4.42. The number of hydrogen-bond acceptors (Lipinski definition) is 4. The lowest BCUT2D eigenvalue weighted by Gasteiger charge is -2.15. The van der Waals surface area contributed by atoms with E-state index in [1.807, 2.05) is 39.0 Å². The Labute approximate surface area is 148 Å². The highest BCUT2D eigenvalue weighted by molar-refractivity contribution is 7.80. The van der Waals surface area contributed by atoms with Gasteiger partial charge in [-0.05, 0) is 50.6 Å². The molecular formula is C20H22O3S. The van der Waals surface area contributed by atoms with Crippen molar-refractivity contribution in [3.63, 3.8) is 0 Å². The van der Waals surface area contributed by atoms with E-state index in [1.54, 1.807) is 24.3 Å². The van der Waals surface area contributed by atoms with Crippen LogP contribution in [0.4, 0.5) is 0 Å². The normalized spacial score (nSPS) is 14.0. The van der Waals surface area contributed by atoms with Crippen LogP contribution in [0, 0.1) is 6.92 Å². The largest absolute Gasteiger partial charge is 0.493 e. The standard InChI is InChI=1S/C20H22O3S/c1-4-22-19-13-6-14(3)20(23-5-2)17(19)11-12-18(21)15-7-9-16(24)10-8-15/h6-9,11-13H,4-5,10H2,1-3H3. The Morgan fingerprint density at radius 3 is 2.58 bits per heavy atom. The number of carbonyl (C=O) groups is 1. The first-order chi connectivity index (χ1) is 11.6. The van der Waals surface area contributed by atoms with Gasteiger partial charge in [-0.2, -0.15) is 0 Å². The summed E-state index contributed by atoms with van der Waals surface area (Å²) in [5, 5.41) is 0. The van der Waals surface area contributed by atoms with Crippen LogP contribution >= 0.6 is 12.2 Å². The van der Waals surface area contributed by atoms with E-state index < -0.39 is 0 Å². The third-order valence-electron chi connectivity index (χ3n) is 3.60. The third-order valence-corrected chi connectivity index (χ3v) is 3.90. The van der Waals surface area contributed by atoms with Gasteiger partial charge in [0.05, 0.1) is 18.8 Å². The lowest BCUT2D eigenvalue weighted by molar-refractivity contribution is -0.111. The van der Waals surface area contributed by atoms with Gasteiger partial charge in [-0.25, -0.2) is 0 Å². The van der Waals surface area contributed by atoms with E-state index in [1.165, 1.54) is 0 Å². The molecule has 4 heteroatoms. The molecule has 0 bridgehead atoms. The number of allylic oxidation sites excluding steroid dienone is 5.